The molecule has 2 rings (SSSR count). The Bertz CT molecular complexity index is 481. The van der Waals surface area contributed by atoms with Crippen LogP contribution in [0.5, 0.6) is 11.5 Å². The summed E-state index contributed by atoms with van der Waals surface area (Å²) in [5, 5.41) is 0.0475. The molecular formula is C17H25ClO3. The molecule has 3 nitrogen and oxygen atoms in total. The fourth-order valence-corrected chi connectivity index (χ4v) is 2.95. The van der Waals surface area contributed by atoms with Gasteiger partial charge >= 0.3 is 0 Å². The van der Waals surface area contributed by atoms with Crippen molar-refractivity contribution in [3.05, 3.63) is 23.8 Å². The predicted molar refractivity (Wildman–Crippen MR) is 85.8 cm³/mol. The summed E-state index contributed by atoms with van der Waals surface area (Å²) >= 11 is 6.21. The average Bonchev–Trinajstić information content (AvgIpc) is 2.43. The Kier molecular flexibility index (Phi) is 5.05. The van der Waals surface area contributed by atoms with Gasteiger partial charge in [-0.3, -0.25) is 0 Å². The fraction of sp³-hybridized carbons (Fsp3) is 0.647. The molecule has 0 heterocycles. The number of benzene rings is 1. The molecule has 1 aromatic rings. The molecular weight excluding hydrogens is 288 g/mol. The van der Waals surface area contributed by atoms with Gasteiger partial charge in [0, 0.05) is 18.6 Å². The van der Waals surface area contributed by atoms with Crippen molar-refractivity contribution in [2.75, 3.05) is 13.7 Å². The van der Waals surface area contributed by atoms with Crippen LogP contribution in [0.25, 0.3) is 0 Å². The highest BCUT2D eigenvalue weighted by Gasteiger charge is 2.43. The Labute approximate surface area is 132 Å². The van der Waals surface area contributed by atoms with E-state index in [0.29, 0.717) is 6.61 Å². The van der Waals surface area contributed by atoms with E-state index in [-0.39, 0.29) is 23.0 Å². The molecule has 21 heavy (non-hydrogen) atoms. The molecule has 1 aliphatic rings. The normalized spacial score (nSPS) is 25.3. The highest BCUT2D eigenvalue weighted by atomic mass is 35.5. The highest BCUT2D eigenvalue weighted by Crippen LogP contribution is 2.38. The lowest BCUT2D eigenvalue weighted by Crippen LogP contribution is -2.52. The van der Waals surface area contributed by atoms with Crippen molar-refractivity contribution < 1.29 is 14.2 Å². The van der Waals surface area contributed by atoms with Crippen molar-refractivity contribution >= 4 is 11.6 Å². The molecule has 0 saturated heterocycles. The van der Waals surface area contributed by atoms with Crippen LogP contribution in [0.1, 0.15) is 39.7 Å². The van der Waals surface area contributed by atoms with Crippen LogP contribution in [0.4, 0.5) is 0 Å². The lowest BCUT2D eigenvalue weighted by molar-refractivity contribution is -0.0764. The molecule has 4 heteroatoms. The summed E-state index contributed by atoms with van der Waals surface area (Å²) in [6.07, 6.45) is 0.829. The number of alkyl halides is 1. The summed E-state index contributed by atoms with van der Waals surface area (Å²) in [7, 11) is 1.68. The molecule has 0 amide bonds. The van der Waals surface area contributed by atoms with E-state index in [1.165, 1.54) is 0 Å². The van der Waals surface area contributed by atoms with Gasteiger partial charge < -0.3 is 14.2 Å². The molecule has 0 bridgehead atoms. The lowest BCUT2D eigenvalue weighted by atomic mass is 9.85. The monoisotopic (exact) mass is 312 g/mol. The number of ether oxygens (including phenoxy) is 3. The molecule has 3 unspecified atom stereocenters. The Balaban J connectivity index is 2.20. The first-order valence-corrected chi connectivity index (χ1v) is 7.91. The second-order valence-electron chi connectivity index (χ2n) is 6.44. The standard InChI is InChI=1S/C17H25ClO3/c1-6-20-16-13(18)10-15(16)21-14-8-7-11(19-5)9-12(14)17(2,3)4/h7-9,13,15-16H,6,10H2,1-5H3. The van der Waals surface area contributed by atoms with Crippen molar-refractivity contribution in [3.8, 4) is 11.5 Å². The summed E-state index contributed by atoms with van der Waals surface area (Å²) in [6, 6.07) is 5.95. The van der Waals surface area contributed by atoms with Gasteiger partial charge in [-0.25, -0.2) is 0 Å². The van der Waals surface area contributed by atoms with E-state index >= 15 is 0 Å². The SMILES string of the molecule is CCOC1C(Cl)CC1Oc1ccc(OC)cc1C(C)(C)C. The van der Waals surface area contributed by atoms with Gasteiger partial charge in [-0.2, -0.15) is 0 Å². The van der Waals surface area contributed by atoms with Gasteiger partial charge in [0.1, 0.15) is 23.7 Å². The lowest BCUT2D eigenvalue weighted by Gasteiger charge is -2.41. The number of methoxy groups -OCH3 is 1. The van der Waals surface area contributed by atoms with E-state index in [0.717, 1.165) is 23.5 Å². The zero-order chi connectivity index (χ0) is 15.6. The molecule has 0 aromatic heterocycles. The van der Waals surface area contributed by atoms with E-state index in [9.17, 15) is 0 Å². The van der Waals surface area contributed by atoms with Gasteiger partial charge in [0.2, 0.25) is 0 Å². The molecule has 1 aliphatic carbocycles. The minimum absolute atomic E-state index is 0.0188. The largest absolute Gasteiger partial charge is 0.497 e. The van der Waals surface area contributed by atoms with Gasteiger partial charge in [-0.05, 0) is 30.5 Å². The van der Waals surface area contributed by atoms with E-state index < -0.39 is 0 Å². The number of rotatable bonds is 5. The molecule has 1 fully saturated rings. The minimum atomic E-state index is -0.0217. The molecule has 0 spiro atoms. The van der Waals surface area contributed by atoms with Crippen LogP contribution < -0.4 is 9.47 Å². The van der Waals surface area contributed by atoms with Crippen molar-refractivity contribution in [1.29, 1.82) is 0 Å². The third kappa shape index (κ3) is 3.64. The van der Waals surface area contributed by atoms with Crippen molar-refractivity contribution in [3.63, 3.8) is 0 Å². The van der Waals surface area contributed by atoms with Crippen LogP contribution in [-0.4, -0.2) is 31.3 Å². The van der Waals surface area contributed by atoms with Crippen LogP contribution >= 0.6 is 11.6 Å². The van der Waals surface area contributed by atoms with Crippen LogP contribution in [-0.2, 0) is 10.2 Å². The zero-order valence-electron chi connectivity index (χ0n) is 13.5. The maximum absolute atomic E-state index is 6.21. The number of hydrogen-bond donors (Lipinski definition) is 0. The second-order valence-corrected chi connectivity index (χ2v) is 7.00. The second kappa shape index (κ2) is 6.45. The smallest absolute Gasteiger partial charge is 0.128 e. The van der Waals surface area contributed by atoms with Gasteiger partial charge in [-0.1, -0.05) is 20.8 Å². The summed E-state index contributed by atoms with van der Waals surface area (Å²) in [5.74, 6) is 1.74. The Morgan fingerprint density at radius 2 is 2.00 bits per heavy atom. The predicted octanol–water partition coefficient (Wildman–Crippen LogP) is 4.16. The first-order valence-electron chi connectivity index (χ1n) is 7.47. The van der Waals surface area contributed by atoms with Crippen LogP contribution in [0.2, 0.25) is 0 Å². The van der Waals surface area contributed by atoms with E-state index in [1.54, 1.807) is 7.11 Å². The summed E-state index contributed by atoms with van der Waals surface area (Å²) < 4.78 is 17.2. The maximum Gasteiger partial charge on any atom is 0.128 e. The van der Waals surface area contributed by atoms with E-state index in [1.807, 2.05) is 25.1 Å². The summed E-state index contributed by atoms with van der Waals surface area (Å²) in [6.45, 7) is 9.13. The Morgan fingerprint density at radius 3 is 2.52 bits per heavy atom. The third-order valence-corrected chi connectivity index (χ3v) is 4.24. The zero-order valence-corrected chi connectivity index (χ0v) is 14.2. The molecule has 1 aromatic carbocycles. The fourth-order valence-electron chi connectivity index (χ4n) is 2.53. The third-order valence-electron chi connectivity index (χ3n) is 3.81. The van der Waals surface area contributed by atoms with Crippen molar-refractivity contribution in [2.45, 2.75) is 57.1 Å². The average molecular weight is 313 g/mol. The molecule has 0 aliphatic heterocycles. The molecule has 1 saturated carbocycles. The topological polar surface area (TPSA) is 27.7 Å². The van der Waals surface area contributed by atoms with Crippen molar-refractivity contribution in [2.24, 2.45) is 0 Å². The van der Waals surface area contributed by atoms with Crippen LogP contribution in [0, 0.1) is 0 Å². The maximum atomic E-state index is 6.21. The Morgan fingerprint density at radius 1 is 1.29 bits per heavy atom. The van der Waals surface area contributed by atoms with Crippen LogP contribution in [0.15, 0.2) is 18.2 Å². The van der Waals surface area contributed by atoms with E-state index in [2.05, 4.69) is 20.8 Å². The highest BCUT2D eigenvalue weighted by molar-refractivity contribution is 6.21. The summed E-state index contributed by atoms with van der Waals surface area (Å²) in [5.41, 5.74) is 1.12. The number of hydrogen-bond acceptors (Lipinski definition) is 3. The van der Waals surface area contributed by atoms with Gasteiger partial charge in [-0.15, -0.1) is 11.6 Å². The molecule has 118 valence electrons. The summed E-state index contributed by atoms with van der Waals surface area (Å²) in [4.78, 5) is 0. The quantitative estimate of drug-likeness (QED) is 0.764. The Hall–Kier alpha value is -0.930. The molecule has 3 atom stereocenters. The van der Waals surface area contributed by atoms with Crippen molar-refractivity contribution in [1.82, 2.24) is 0 Å². The first-order chi connectivity index (χ1) is 9.86. The molecule has 0 radical (unpaired) electrons. The van der Waals surface area contributed by atoms with E-state index in [4.69, 9.17) is 25.8 Å². The number of halogens is 1. The van der Waals surface area contributed by atoms with Gasteiger partial charge in [0.25, 0.3) is 0 Å². The minimum Gasteiger partial charge on any atom is -0.497 e. The molecule has 0 N–H and O–H groups in total. The van der Waals surface area contributed by atoms with Gasteiger partial charge in [0.15, 0.2) is 0 Å². The van der Waals surface area contributed by atoms with Crippen LogP contribution in [0.3, 0.4) is 0 Å². The first kappa shape index (κ1) is 16.4. The van der Waals surface area contributed by atoms with Gasteiger partial charge in [0.05, 0.1) is 12.5 Å².